The van der Waals surface area contributed by atoms with E-state index in [0.717, 1.165) is 4.47 Å². The molecule has 0 aliphatic rings. The van der Waals surface area contributed by atoms with Crippen LogP contribution in [0.1, 0.15) is 37.3 Å². The zero-order valence-corrected chi connectivity index (χ0v) is 13.6. The van der Waals surface area contributed by atoms with E-state index in [1.165, 1.54) is 6.07 Å². The van der Waals surface area contributed by atoms with Gasteiger partial charge in [0.2, 0.25) is 0 Å². The van der Waals surface area contributed by atoms with E-state index in [-0.39, 0.29) is 11.9 Å². The summed E-state index contributed by atoms with van der Waals surface area (Å²) in [4.78, 5) is 0. The summed E-state index contributed by atoms with van der Waals surface area (Å²) in [6.45, 7) is 3.96. The topological polar surface area (TPSA) is 38.0 Å². The molecule has 1 heterocycles. The van der Waals surface area contributed by atoms with Gasteiger partial charge in [0.25, 0.3) is 0 Å². The van der Waals surface area contributed by atoms with Crippen molar-refractivity contribution < 1.29 is 9.50 Å². The molecule has 0 aliphatic carbocycles. The Kier molecular flexibility index (Phi) is 4.43. The molecular formula is C13H13Br2FN2O. The standard InChI is InChI=1S/C13H13Br2FN2O/c1-7(2)18-12(10(15)6-17-18)13(19)8-3-4-11(16)9(14)5-8/h3-7,13,19H,1-2H3. The fraction of sp³-hybridized carbons (Fsp3) is 0.308. The van der Waals surface area contributed by atoms with Crippen LogP contribution in [0.4, 0.5) is 4.39 Å². The van der Waals surface area contributed by atoms with Crippen LogP contribution in [0, 0.1) is 5.82 Å². The summed E-state index contributed by atoms with van der Waals surface area (Å²) in [7, 11) is 0. The molecule has 2 rings (SSSR count). The third kappa shape index (κ3) is 2.90. The van der Waals surface area contributed by atoms with E-state index >= 15 is 0 Å². The Morgan fingerprint density at radius 3 is 2.53 bits per heavy atom. The molecule has 0 bridgehead atoms. The van der Waals surface area contributed by atoms with Gasteiger partial charge in [-0.2, -0.15) is 5.10 Å². The summed E-state index contributed by atoms with van der Waals surface area (Å²) in [5.74, 6) is -0.354. The maximum atomic E-state index is 13.2. The zero-order valence-electron chi connectivity index (χ0n) is 10.4. The van der Waals surface area contributed by atoms with Gasteiger partial charge in [0, 0.05) is 6.04 Å². The normalized spacial score (nSPS) is 13.0. The van der Waals surface area contributed by atoms with Crippen molar-refractivity contribution in [3.63, 3.8) is 0 Å². The molecular weight excluding hydrogens is 379 g/mol. The second-order valence-electron chi connectivity index (χ2n) is 4.49. The molecule has 2 aromatic rings. The van der Waals surface area contributed by atoms with E-state index in [4.69, 9.17) is 0 Å². The molecule has 1 aromatic carbocycles. The summed E-state index contributed by atoms with van der Waals surface area (Å²) in [6.07, 6.45) is 0.785. The molecule has 1 atom stereocenters. The van der Waals surface area contributed by atoms with Crippen LogP contribution in [0.25, 0.3) is 0 Å². The van der Waals surface area contributed by atoms with Crippen LogP contribution in [-0.2, 0) is 0 Å². The fourth-order valence-electron chi connectivity index (χ4n) is 1.86. The number of aliphatic hydroxyl groups is 1. The quantitative estimate of drug-likeness (QED) is 0.850. The van der Waals surface area contributed by atoms with Crippen molar-refractivity contribution in [2.45, 2.75) is 26.0 Å². The molecule has 3 nitrogen and oxygen atoms in total. The molecule has 1 unspecified atom stereocenters. The number of aliphatic hydroxyl groups excluding tert-OH is 1. The Labute approximate surface area is 127 Å². The van der Waals surface area contributed by atoms with Crippen LogP contribution in [0.15, 0.2) is 33.3 Å². The second-order valence-corrected chi connectivity index (χ2v) is 6.20. The first-order chi connectivity index (χ1) is 8.91. The Morgan fingerprint density at radius 1 is 1.26 bits per heavy atom. The van der Waals surface area contributed by atoms with Crippen LogP contribution in [-0.4, -0.2) is 14.9 Å². The predicted molar refractivity (Wildman–Crippen MR) is 78.5 cm³/mol. The van der Waals surface area contributed by atoms with Crippen LogP contribution in [0.5, 0.6) is 0 Å². The molecule has 0 saturated carbocycles. The number of benzene rings is 1. The van der Waals surface area contributed by atoms with Crippen molar-refractivity contribution in [2.24, 2.45) is 0 Å². The highest BCUT2D eigenvalue weighted by Gasteiger charge is 2.21. The largest absolute Gasteiger partial charge is 0.382 e. The molecule has 6 heteroatoms. The molecule has 0 spiro atoms. The molecule has 0 radical (unpaired) electrons. The Balaban J connectivity index is 2.46. The van der Waals surface area contributed by atoms with Crippen LogP contribution < -0.4 is 0 Å². The number of nitrogens with zero attached hydrogens (tertiary/aromatic N) is 2. The first-order valence-electron chi connectivity index (χ1n) is 5.77. The van der Waals surface area contributed by atoms with E-state index in [1.807, 2.05) is 13.8 Å². The monoisotopic (exact) mass is 390 g/mol. The van der Waals surface area contributed by atoms with E-state index in [0.29, 0.717) is 15.7 Å². The molecule has 0 fully saturated rings. The van der Waals surface area contributed by atoms with Gasteiger partial charge in [0.05, 0.1) is 20.8 Å². The maximum Gasteiger partial charge on any atom is 0.137 e. The van der Waals surface area contributed by atoms with Gasteiger partial charge in [-0.25, -0.2) is 4.39 Å². The van der Waals surface area contributed by atoms with Crippen LogP contribution in [0.2, 0.25) is 0 Å². The SMILES string of the molecule is CC(C)n1ncc(Br)c1C(O)c1ccc(F)c(Br)c1. The highest BCUT2D eigenvalue weighted by Crippen LogP contribution is 2.31. The number of aromatic nitrogens is 2. The van der Waals surface area contributed by atoms with Gasteiger partial charge in [-0.15, -0.1) is 0 Å². The van der Waals surface area contributed by atoms with E-state index in [9.17, 15) is 9.50 Å². The van der Waals surface area contributed by atoms with Crippen LogP contribution in [0.3, 0.4) is 0 Å². The fourth-order valence-corrected chi connectivity index (χ4v) is 2.74. The maximum absolute atomic E-state index is 13.2. The molecule has 0 saturated heterocycles. The van der Waals surface area contributed by atoms with E-state index in [1.54, 1.807) is 23.0 Å². The average Bonchev–Trinajstić information content (AvgIpc) is 2.74. The van der Waals surface area contributed by atoms with E-state index in [2.05, 4.69) is 37.0 Å². The third-order valence-electron chi connectivity index (χ3n) is 2.79. The van der Waals surface area contributed by atoms with Gasteiger partial charge < -0.3 is 5.11 Å². The average molecular weight is 392 g/mol. The first kappa shape index (κ1) is 14.7. The van der Waals surface area contributed by atoms with Crippen molar-refractivity contribution in [2.75, 3.05) is 0 Å². The number of rotatable bonds is 3. The minimum absolute atomic E-state index is 0.125. The van der Waals surface area contributed by atoms with Crippen molar-refractivity contribution in [3.05, 3.63) is 50.4 Å². The summed E-state index contributed by atoms with van der Waals surface area (Å²) < 4.78 is 16.0. The third-order valence-corrected chi connectivity index (χ3v) is 4.01. The number of hydrogen-bond acceptors (Lipinski definition) is 2. The Bertz CT molecular complexity index is 598. The van der Waals surface area contributed by atoms with Gasteiger partial charge in [-0.05, 0) is 63.4 Å². The van der Waals surface area contributed by atoms with Gasteiger partial charge in [-0.1, -0.05) is 6.07 Å². The van der Waals surface area contributed by atoms with Crippen molar-refractivity contribution in [1.29, 1.82) is 0 Å². The highest BCUT2D eigenvalue weighted by atomic mass is 79.9. The highest BCUT2D eigenvalue weighted by molar-refractivity contribution is 9.10. The lowest BCUT2D eigenvalue weighted by Crippen LogP contribution is -2.12. The molecule has 102 valence electrons. The molecule has 0 amide bonds. The van der Waals surface area contributed by atoms with Gasteiger partial charge >= 0.3 is 0 Å². The smallest absolute Gasteiger partial charge is 0.137 e. The molecule has 0 aliphatic heterocycles. The zero-order chi connectivity index (χ0) is 14.2. The number of halogens is 3. The van der Waals surface area contributed by atoms with Crippen molar-refractivity contribution in [3.8, 4) is 0 Å². The van der Waals surface area contributed by atoms with Crippen molar-refractivity contribution in [1.82, 2.24) is 9.78 Å². The Hall–Kier alpha value is -0.720. The van der Waals surface area contributed by atoms with Crippen LogP contribution >= 0.6 is 31.9 Å². The minimum atomic E-state index is -0.865. The summed E-state index contributed by atoms with van der Waals surface area (Å²) in [5.41, 5.74) is 1.27. The predicted octanol–water partition coefficient (Wildman–Crippen LogP) is 4.21. The Morgan fingerprint density at radius 2 is 1.95 bits per heavy atom. The summed E-state index contributed by atoms with van der Waals surface area (Å²) in [6, 6.07) is 4.59. The molecule has 19 heavy (non-hydrogen) atoms. The summed E-state index contributed by atoms with van der Waals surface area (Å²) >= 11 is 6.51. The first-order valence-corrected chi connectivity index (χ1v) is 7.36. The van der Waals surface area contributed by atoms with Crippen molar-refractivity contribution >= 4 is 31.9 Å². The second kappa shape index (κ2) is 5.73. The molecule has 1 aromatic heterocycles. The van der Waals surface area contributed by atoms with Gasteiger partial charge in [0.15, 0.2) is 0 Å². The van der Waals surface area contributed by atoms with Gasteiger partial charge in [-0.3, -0.25) is 4.68 Å². The lowest BCUT2D eigenvalue weighted by Gasteiger charge is -2.17. The molecule has 1 N–H and O–H groups in total. The van der Waals surface area contributed by atoms with E-state index < -0.39 is 6.10 Å². The lowest BCUT2D eigenvalue weighted by molar-refractivity contribution is 0.204. The number of hydrogen-bond donors (Lipinski definition) is 1. The van der Waals surface area contributed by atoms with Gasteiger partial charge in [0.1, 0.15) is 11.9 Å². The summed E-state index contributed by atoms with van der Waals surface area (Å²) in [5, 5.41) is 14.7. The lowest BCUT2D eigenvalue weighted by atomic mass is 10.1. The minimum Gasteiger partial charge on any atom is -0.382 e.